The van der Waals surface area contributed by atoms with Crippen molar-refractivity contribution in [2.75, 3.05) is 19.5 Å². The lowest BCUT2D eigenvalue weighted by atomic mass is 9.89. The first-order valence-electron chi connectivity index (χ1n) is 12.2. The molecule has 0 N–H and O–H groups in total. The second-order valence-electron chi connectivity index (χ2n) is 9.05. The Bertz CT molecular complexity index is 1530. The van der Waals surface area contributed by atoms with Crippen LogP contribution in [0.25, 0.3) is 15.9 Å². The van der Waals surface area contributed by atoms with E-state index < -0.39 is 0 Å². The fourth-order valence-electron chi connectivity index (χ4n) is 4.61. The van der Waals surface area contributed by atoms with Crippen LogP contribution in [0.2, 0.25) is 0 Å². The Morgan fingerprint density at radius 1 is 1.24 bits per heavy atom. The maximum atomic E-state index is 14.0. The second-order valence-corrected chi connectivity index (χ2v) is 11.9. The highest BCUT2D eigenvalue weighted by Gasteiger charge is 2.25. The summed E-state index contributed by atoms with van der Waals surface area (Å²) < 4.78 is 13.2. The van der Waals surface area contributed by atoms with Gasteiger partial charge in [0, 0.05) is 10.4 Å². The maximum Gasteiger partial charge on any atom is 0.267 e. The maximum absolute atomic E-state index is 14.0. The summed E-state index contributed by atoms with van der Waals surface area (Å²) in [6.07, 6.45) is 2.95. The van der Waals surface area contributed by atoms with Crippen LogP contribution in [-0.2, 0) is 12.8 Å². The third-order valence-corrected chi connectivity index (χ3v) is 9.22. The van der Waals surface area contributed by atoms with Crippen molar-refractivity contribution in [3.8, 4) is 17.2 Å². The number of Topliss-reactive ketones (excluding diaryl/α,β-unsaturated/α-hetero) is 1. The predicted octanol–water partition coefficient (Wildman–Crippen LogP) is 6.72. The number of carbonyl (C=O) groups is 1. The Balaban J connectivity index is 1.55. The van der Waals surface area contributed by atoms with Gasteiger partial charge in [0.15, 0.2) is 10.9 Å². The molecular weight excluding hydrogens is 572 g/mol. The predicted molar refractivity (Wildman–Crippen MR) is 153 cm³/mol. The normalized spacial score (nSPS) is 15.0. The van der Waals surface area contributed by atoms with Gasteiger partial charge in [0.05, 0.1) is 35.0 Å². The SMILES string of the molecule is CCOc1ccc(-n2c(SCC(=O)c3ccc(OC)c(Br)c3)nc3sc4c(c3c2=O)CCC(C)C4)cc1. The van der Waals surface area contributed by atoms with E-state index in [9.17, 15) is 9.59 Å². The molecule has 0 fully saturated rings. The van der Waals surface area contributed by atoms with Crippen molar-refractivity contribution < 1.29 is 14.3 Å². The van der Waals surface area contributed by atoms with Gasteiger partial charge in [-0.05, 0) is 96.1 Å². The molecule has 2 aromatic carbocycles. The Hall–Kier alpha value is -2.62. The second kappa shape index (κ2) is 11.0. The third kappa shape index (κ3) is 5.22. The molecule has 1 aliphatic carbocycles. The number of rotatable bonds is 8. The number of thiophene rings is 1. The van der Waals surface area contributed by atoms with Gasteiger partial charge in [0.2, 0.25) is 0 Å². The molecule has 0 aliphatic heterocycles. The molecule has 192 valence electrons. The van der Waals surface area contributed by atoms with Crippen LogP contribution in [0.15, 0.2) is 56.9 Å². The largest absolute Gasteiger partial charge is 0.496 e. The quantitative estimate of drug-likeness (QED) is 0.127. The number of carbonyl (C=O) groups excluding carboxylic acids is 1. The van der Waals surface area contributed by atoms with Gasteiger partial charge >= 0.3 is 0 Å². The molecule has 6 nitrogen and oxygen atoms in total. The average molecular weight is 600 g/mol. The van der Waals surface area contributed by atoms with Gasteiger partial charge in [-0.25, -0.2) is 4.98 Å². The summed E-state index contributed by atoms with van der Waals surface area (Å²) in [6, 6.07) is 12.7. The number of halogens is 1. The average Bonchev–Trinajstić information content (AvgIpc) is 3.25. The zero-order valence-electron chi connectivity index (χ0n) is 20.9. The molecule has 1 atom stereocenters. The molecular formula is C28H27BrN2O4S2. The van der Waals surface area contributed by atoms with Crippen LogP contribution in [0, 0.1) is 5.92 Å². The first-order chi connectivity index (χ1) is 17.9. The molecule has 0 saturated heterocycles. The lowest BCUT2D eigenvalue weighted by molar-refractivity contribution is 0.102. The summed E-state index contributed by atoms with van der Waals surface area (Å²) in [5.74, 6) is 2.10. The smallest absolute Gasteiger partial charge is 0.267 e. The number of aryl methyl sites for hydroxylation is 1. The van der Waals surface area contributed by atoms with Crippen molar-refractivity contribution in [3.05, 3.63) is 73.3 Å². The van der Waals surface area contributed by atoms with Gasteiger partial charge in [0.1, 0.15) is 16.3 Å². The Morgan fingerprint density at radius 3 is 2.73 bits per heavy atom. The minimum atomic E-state index is -0.0802. The van der Waals surface area contributed by atoms with E-state index in [0.717, 1.165) is 45.3 Å². The fraction of sp³-hybridized carbons (Fsp3) is 0.321. The highest BCUT2D eigenvalue weighted by atomic mass is 79.9. The number of ether oxygens (including phenoxy) is 2. The van der Waals surface area contributed by atoms with Crippen LogP contribution in [0.3, 0.4) is 0 Å². The number of hydrogen-bond donors (Lipinski definition) is 0. The molecule has 0 saturated carbocycles. The lowest BCUT2D eigenvalue weighted by Gasteiger charge is -2.18. The van der Waals surface area contributed by atoms with E-state index in [2.05, 4.69) is 22.9 Å². The number of methoxy groups -OCH3 is 1. The molecule has 0 bridgehead atoms. The Kier molecular flexibility index (Phi) is 7.74. The Labute approximate surface area is 232 Å². The van der Waals surface area contributed by atoms with Crippen molar-refractivity contribution in [1.82, 2.24) is 9.55 Å². The summed E-state index contributed by atoms with van der Waals surface area (Å²) in [7, 11) is 1.59. The first kappa shape index (κ1) is 26.0. The van der Waals surface area contributed by atoms with E-state index in [1.807, 2.05) is 31.2 Å². The highest BCUT2D eigenvalue weighted by Crippen LogP contribution is 2.37. The lowest BCUT2D eigenvalue weighted by Crippen LogP contribution is -2.23. The molecule has 9 heteroatoms. The van der Waals surface area contributed by atoms with E-state index >= 15 is 0 Å². The number of fused-ring (bicyclic) bond motifs is 3. The molecule has 5 rings (SSSR count). The fourth-order valence-corrected chi connectivity index (χ4v) is 7.48. The molecule has 0 radical (unpaired) electrons. The van der Waals surface area contributed by atoms with E-state index in [1.54, 1.807) is 41.2 Å². The number of hydrogen-bond acceptors (Lipinski definition) is 7. The van der Waals surface area contributed by atoms with Crippen LogP contribution >= 0.6 is 39.0 Å². The van der Waals surface area contributed by atoms with Gasteiger partial charge in [0.25, 0.3) is 5.56 Å². The molecule has 2 heterocycles. The topological polar surface area (TPSA) is 70.4 Å². The molecule has 0 amide bonds. The van der Waals surface area contributed by atoms with Gasteiger partial charge in [-0.1, -0.05) is 18.7 Å². The van der Waals surface area contributed by atoms with Crippen molar-refractivity contribution in [3.63, 3.8) is 0 Å². The van der Waals surface area contributed by atoms with Crippen molar-refractivity contribution in [2.45, 2.75) is 38.3 Å². The van der Waals surface area contributed by atoms with Gasteiger partial charge in [-0.3, -0.25) is 14.2 Å². The summed E-state index contributed by atoms with van der Waals surface area (Å²) in [5, 5.41) is 1.23. The van der Waals surface area contributed by atoms with E-state index in [0.29, 0.717) is 34.7 Å². The Morgan fingerprint density at radius 2 is 2.03 bits per heavy atom. The molecule has 2 aromatic heterocycles. The summed E-state index contributed by atoms with van der Waals surface area (Å²) >= 11 is 6.35. The van der Waals surface area contributed by atoms with Crippen LogP contribution < -0.4 is 15.0 Å². The van der Waals surface area contributed by atoms with E-state index in [4.69, 9.17) is 14.5 Å². The van der Waals surface area contributed by atoms with Crippen LogP contribution in [0.5, 0.6) is 11.5 Å². The summed E-state index contributed by atoms with van der Waals surface area (Å²) in [5.41, 5.74) is 2.33. The first-order valence-corrected chi connectivity index (χ1v) is 14.8. The molecule has 1 unspecified atom stereocenters. The minimum Gasteiger partial charge on any atom is -0.496 e. The van der Waals surface area contributed by atoms with Crippen molar-refractivity contribution >= 4 is 55.0 Å². The molecule has 4 aromatic rings. The van der Waals surface area contributed by atoms with Gasteiger partial charge < -0.3 is 9.47 Å². The minimum absolute atomic E-state index is 0.0553. The van der Waals surface area contributed by atoms with Crippen molar-refractivity contribution in [2.24, 2.45) is 5.92 Å². The molecule has 1 aliphatic rings. The van der Waals surface area contributed by atoms with E-state index in [-0.39, 0.29) is 17.1 Å². The number of thioether (sulfide) groups is 1. The monoisotopic (exact) mass is 598 g/mol. The summed E-state index contributed by atoms with van der Waals surface area (Å²) in [6.45, 7) is 4.75. The number of aromatic nitrogens is 2. The van der Waals surface area contributed by atoms with Crippen LogP contribution in [0.4, 0.5) is 0 Å². The van der Waals surface area contributed by atoms with Crippen LogP contribution in [0.1, 0.15) is 41.1 Å². The number of nitrogens with zero attached hydrogens (tertiary/aromatic N) is 2. The van der Waals surface area contributed by atoms with Gasteiger partial charge in [-0.2, -0.15) is 0 Å². The zero-order valence-corrected chi connectivity index (χ0v) is 24.1. The standard InChI is InChI=1S/C28H27BrN2O4S2/c1-4-35-19-9-7-18(8-10-19)31-27(33)25-20-11-5-16(2)13-24(20)37-26(25)30-28(31)36-15-22(32)17-6-12-23(34-3)21(29)14-17/h6-10,12,14,16H,4-5,11,13,15H2,1-3H3. The van der Waals surface area contributed by atoms with Gasteiger partial charge in [-0.15, -0.1) is 11.3 Å². The number of benzene rings is 2. The van der Waals surface area contributed by atoms with Crippen LogP contribution in [-0.4, -0.2) is 34.8 Å². The molecule has 0 spiro atoms. The zero-order chi connectivity index (χ0) is 26.1. The molecule has 37 heavy (non-hydrogen) atoms. The van der Waals surface area contributed by atoms with E-state index in [1.165, 1.54) is 16.6 Å². The number of ketones is 1. The third-order valence-electron chi connectivity index (χ3n) is 6.51. The summed E-state index contributed by atoms with van der Waals surface area (Å²) in [4.78, 5) is 34.0. The van der Waals surface area contributed by atoms with Crippen molar-refractivity contribution in [1.29, 1.82) is 0 Å². The highest BCUT2D eigenvalue weighted by molar-refractivity contribution is 9.10.